The van der Waals surface area contributed by atoms with Gasteiger partial charge in [0.2, 0.25) is 0 Å². The van der Waals surface area contributed by atoms with Gasteiger partial charge in [-0.2, -0.15) is 0 Å². The Kier molecular flexibility index (Phi) is 4.62. The van der Waals surface area contributed by atoms with Gasteiger partial charge in [-0.1, -0.05) is 0 Å². The molecule has 0 radical (unpaired) electrons. The normalized spacial score (nSPS) is 33.4. The highest BCUT2D eigenvalue weighted by atomic mass is 15.2. The maximum absolute atomic E-state index is 3.73. The summed E-state index contributed by atoms with van der Waals surface area (Å²) in [5, 5.41) is 3.73. The Morgan fingerprint density at radius 3 is 2.62 bits per heavy atom. The smallest absolute Gasteiger partial charge is 0.0107 e. The molecular weight excluding hydrogens is 198 g/mol. The van der Waals surface area contributed by atoms with Crippen molar-refractivity contribution >= 4 is 0 Å². The highest BCUT2D eigenvalue weighted by Gasteiger charge is 2.22. The lowest BCUT2D eigenvalue weighted by atomic mass is 9.99. The lowest BCUT2D eigenvalue weighted by Gasteiger charge is -2.35. The average molecular weight is 225 g/mol. The van der Waals surface area contributed by atoms with Crippen molar-refractivity contribution in [2.75, 3.05) is 39.8 Å². The van der Waals surface area contributed by atoms with E-state index in [0.29, 0.717) is 0 Å². The van der Waals surface area contributed by atoms with Crippen LogP contribution in [0.1, 0.15) is 32.6 Å². The van der Waals surface area contributed by atoms with Crippen LogP contribution >= 0.6 is 0 Å². The van der Waals surface area contributed by atoms with E-state index in [2.05, 4.69) is 29.1 Å². The zero-order valence-electron chi connectivity index (χ0n) is 10.9. The Hall–Kier alpha value is -0.120. The topological polar surface area (TPSA) is 18.5 Å². The summed E-state index contributed by atoms with van der Waals surface area (Å²) < 4.78 is 0. The number of nitrogens with zero attached hydrogens (tertiary/aromatic N) is 2. The van der Waals surface area contributed by atoms with Gasteiger partial charge in [-0.3, -0.25) is 0 Å². The summed E-state index contributed by atoms with van der Waals surface area (Å²) in [6, 6.07) is 1.51. The average Bonchev–Trinajstić information content (AvgIpc) is 2.76. The second kappa shape index (κ2) is 5.99. The molecule has 0 spiro atoms. The minimum Gasteiger partial charge on any atom is -0.313 e. The van der Waals surface area contributed by atoms with Crippen LogP contribution in [0.2, 0.25) is 0 Å². The molecule has 2 rings (SSSR count). The zero-order valence-corrected chi connectivity index (χ0v) is 10.9. The van der Waals surface area contributed by atoms with Crippen LogP contribution < -0.4 is 5.32 Å². The van der Waals surface area contributed by atoms with Gasteiger partial charge in [0.1, 0.15) is 0 Å². The minimum atomic E-state index is 0.748. The first-order chi connectivity index (χ1) is 7.75. The highest BCUT2D eigenvalue weighted by Crippen LogP contribution is 2.15. The fourth-order valence-corrected chi connectivity index (χ4v) is 2.91. The van der Waals surface area contributed by atoms with Crippen molar-refractivity contribution in [3.63, 3.8) is 0 Å². The molecule has 2 aliphatic rings. The van der Waals surface area contributed by atoms with E-state index in [1.54, 1.807) is 0 Å². The molecule has 2 atom stereocenters. The lowest BCUT2D eigenvalue weighted by Crippen LogP contribution is -2.47. The molecule has 3 nitrogen and oxygen atoms in total. The molecule has 2 heterocycles. The lowest BCUT2D eigenvalue weighted by molar-refractivity contribution is 0.166. The summed E-state index contributed by atoms with van der Waals surface area (Å²) in [6.45, 7) is 8.68. The molecule has 0 aromatic carbocycles. The Bertz CT molecular complexity index is 201. The number of hydrogen-bond acceptors (Lipinski definition) is 3. The summed E-state index contributed by atoms with van der Waals surface area (Å²) in [5.74, 6) is 0. The van der Waals surface area contributed by atoms with Gasteiger partial charge >= 0.3 is 0 Å². The van der Waals surface area contributed by atoms with Gasteiger partial charge in [0.25, 0.3) is 0 Å². The van der Waals surface area contributed by atoms with Gasteiger partial charge < -0.3 is 15.1 Å². The van der Waals surface area contributed by atoms with Gasteiger partial charge in [0.05, 0.1) is 0 Å². The van der Waals surface area contributed by atoms with E-state index in [0.717, 1.165) is 12.1 Å². The number of piperidine rings is 1. The SMILES string of the molecule is CC1CC(NCCN2CCCC2)CCN1C. The fraction of sp³-hybridized carbons (Fsp3) is 1.00. The Morgan fingerprint density at radius 1 is 1.19 bits per heavy atom. The van der Waals surface area contributed by atoms with Crippen molar-refractivity contribution in [2.24, 2.45) is 0 Å². The second-order valence-electron chi connectivity index (χ2n) is 5.55. The van der Waals surface area contributed by atoms with E-state index in [9.17, 15) is 0 Å². The van der Waals surface area contributed by atoms with Crippen LogP contribution in [0, 0.1) is 0 Å². The van der Waals surface area contributed by atoms with Gasteiger partial charge in [-0.15, -0.1) is 0 Å². The van der Waals surface area contributed by atoms with Crippen molar-refractivity contribution in [1.82, 2.24) is 15.1 Å². The largest absolute Gasteiger partial charge is 0.313 e. The summed E-state index contributed by atoms with van der Waals surface area (Å²) in [4.78, 5) is 5.06. The molecule has 3 heteroatoms. The van der Waals surface area contributed by atoms with Crippen LogP contribution in [0.4, 0.5) is 0 Å². The van der Waals surface area contributed by atoms with Crippen molar-refractivity contribution in [2.45, 2.75) is 44.7 Å². The van der Waals surface area contributed by atoms with Crippen molar-refractivity contribution in [3.05, 3.63) is 0 Å². The van der Waals surface area contributed by atoms with Gasteiger partial charge in [-0.25, -0.2) is 0 Å². The summed E-state index contributed by atoms with van der Waals surface area (Å²) in [6.07, 6.45) is 5.45. The molecule has 0 saturated carbocycles. The molecule has 0 bridgehead atoms. The quantitative estimate of drug-likeness (QED) is 0.774. The first-order valence-corrected chi connectivity index (χ1v) is 6.91. The minimum absolute atomic E-state index is 0.748. The third-order valence-corrected chi connectivity index (χ3v) is 4.27. The molecule has 1 N–H and O–H groups in total. The summed E-state index contributed by atoms with van der Waals surface area (Å²) in [7, 11) is 2.24. The number of rotatable bonds is 4. The van der Waals surface area contributed by atoms with Gasteiger partial charge in [-0.05, 0) is 59.3 Å². The van der Waals surface area contributed by atoms with Crippen molar-refractivity contribution in [3.8, 4) is 0 Å². The van der Waals surface area contributed by atoms with Crippen LogP contribution in [0.3, 0.4) is 0 Å². The molecular formula is C13H27N3. The third-order valence-electron chi connectivity index (χ3n) is 4.27. The van der Waals surface area contributed by atoms with Crippen LogP contribution in [0.5, 0.6) is 0 Å². The van der Waals surface area contributed by atoms with E-state index < -0.39 is 0 Å². The molecule has 2 fully saturated rings. The molecule has 16 heavy (non-hydrogen) atoms. The molecule has 0 aromatic rings. The molecule has 2 aliphatic heterocycles. The molecule has 94 valence electrons. The Morgan fingerprint density at radius 2 is 1.94 bits per heavy atom. The zero-order chi connectivity index (χ0) is 11.4. The molecule has 2 saturated heterocycles. The maximum atomic E-state index is 3.73. The molecule has 0 aliphatic carbocycles. The number of nitrogens with one attached hydrogen (secondary N) is 1. The van der Waals surface area contributed by atoms with Crippen LogP contribution in [-0.2, 0) is 0 Å². The van der Waals surface area contributed by atoms with Crippen molar-refractivity contribution in [1.29, 1.82) is 0 Å². The Balaban J connectivity index is 1.59. The molecule has 0 aromatic heterocycles. The monoisotopic (exact) mass is 225 g/mol. The molecule has 0 amide bonds. The number of hydrogen-bond donors (Lipinski definition) is 1. The second-order valence-corrected chi connectivity index (χ2v) is 5.55. The summed E-state index contributed by atoms with van der Waals surface area (Å²) in [5.41, 5.74) is 0. The van der Waals surface area contributed by atoms with E-state index >= 15 is 0 Å². The summed E-state index contributed by atoms with van der Waals surface area (Å²) >= 11 is 0. The van der Waals surface area contributed by atoms with E-state index in [1.165, 1.54) is 58.4 Å². The van der Waals surface area contributed by atoms with Gasteiger partial charge in [0, 0.05) is 25.2 Å². The molecule has 2 unspecified atom stereocenters. The highest BCUT2D eigenvalue weighted by molar-refractivity contribution is 4.81. The predicted octanol–water partition coefficient (Wildman–Crippen LogP) is 1.15. The van der Waals surface area contributed by atoms with Crippen LogP contribution in [0.15, 0.2) is 0 Å². The third kappa shape index (κ3) is 3.44. The van der Waals surface area contributed by atoms with Gasteiger partial charge in [0.15, 0.2) is 0 Å². The van der Waals surface area contributed by atoms with Crippen LogP contribution in [-0.4, -0.2) is 61.7 Å². The van der Waals surface area contributed by atoms with E-state index in [-0.39, 0.29) is 0 Å². The first-order valence-electron chi connectivity index (χ1n) is 6.91. The fourth-order valence-electron chi connectivity index (χ4n) is 2.91. The van der Waals surface area contributed by atoms with Crippen molar-refractivity contribution < 1.29 is 0 Å². The van der Waals surface area contributed by atoms with E-state index in [4.69, 9.17) is 0 Å². The standard InChI is InChI=1S/C13H27N3/c1-12-11-13(5-9-15(12)2)14-6-10-16-7-3-4-8-16/h12-14H,3-11H2,1-2H3. The maximum Gasteiger partial charge on any atom is 0.0107 e. The van der Waals surface area contributed by atoms with Crippen LogP contribution in [0.25, 0.3) is 0 Å². The first kappa shape index (κ1) is 12.3. The van der Waals surface area contributed by atoms with E-state index in [1.807, 2.05) is 0 Å². The number of likely N-dealkylation sites (tertiary alicyclic amines) is 2. The Labute approximate surface area is 100 Å². The predicted molar refractivity (Wildman–Crippen MR) is 68.8 cm³/mol.